The van der Waals surface area contributed by atoms with Crippen molar-refractivity contribution in [2.45, 2.75) is 51.0 Å². The fraction of sp³-hybridized carbons (Fsp3) is 0.789. The summed E-state index contributed by atoms with van der Waals surface area (Å²) in [5.41, 5.74) is 0. The van der Waals surface area contributed by atoms with Crippen LogP contribution in [-0.2, 0) is 14.3 Å². The smallest absolute Gasteiger partial charge is 0.331 e. The Morgan fingerprint density at radius 2 is 1.81 bits per heavy atom. The van der Waals surface area contributed by atoms with Gasteiger partial charge in [0.25, 0.3) is 0 Å². The summed E-state index contributed by atoms with van der Waals surface area (Å²) in [4.78, 5) is 44.3. The minimum absolute atomic E-state index is 0.103. The normalized spacial score (nSPS) is 26.4. The van der Waals surface area contributed by atoms with E-state index < -0.39 is 23.8 Å². The molecule has 8 heteroatoms. The number of hydrogen-bond donors (Lipinski definition) is 2. The number of barbiturate groups is 1. The molecule has 150 valence electrons. The summed E-state index contributed by atoms with van der Waals surface area (Å²) < 4.78 is 5.34. The number of nitrogens with one attached hydrogen (secondary N) is 2. The number of rotatable bonds is 6. The molecule has 3 rings (SSSR count). The van der Waals surface area contributed by atoms with E-state index in [9.17, 15) is 14.4 Å². The molecule has 0 radical (unpaired) electrons. The number of nitrogens with zero attached hydrogens (tertiary/aromatic N) is 2. The molecule has 0 aromatic carbocycles. The van der Waals surface area contributed by atoms with Gasteiger partial charge < -0.3 is 9.64 Å². The molecule has 0 aromatic rings. The van der Waals surface area contributed by atoms with Gasteiger partial charge in [0.15, 0.2) is 5.92 Å². The lowest BCUT2D eigenvalue weighted by atomic mass is 10.0. The maximum atomic E-state index is 12.8. The quantitative estimate of drug-likeness (QED) is 0.289. The van der Waals surface area contributed by atoms with Crippen molar-refractivity contribution in [1.82, 2.24) is 10.2 Å². The van der Waals surface area contributed by atoms with Crippen LogP contribution in [0.5, 0.6) is 0 Å². The molecule has 2 aliphatic heterocycles. The van der Waals surface area contributed by atoms with E-state index in [1.54, 1.807) is 0 Å². The first kappa shape index (κ1) is 19.9. The van der Waals surface area contributed by atoms with E-state index in [1.807, 2.05) is 0 Å². The number of urea groups is 1. The lowest BCUT2D eigenvalue weighted by Crippen LogP contribution is -3.14. The molecule has 3 fully saturated rings. The van der Waals surface area contributed by atoms with Gasteiger partial charge in [-0.05, 0) is 12.8 Å². The standard InChI is InChI=1S/C19H30N4O4/c24-17-16(14-20-8-5-9-22-10-12-27-13-11-22)18(25)23(19(26)21-17)15-6-3-1-2-4-7-15/h14-16H,1-13H2,(H,21,24,26)/p+1/t16-/m1/s1. The van der Waals surface area contributed by atoms with E-state index in [2.05, 4.69) is 10.3 Å². The van der Waals surface area contributed by atoms with Crippen LogP contribution in [-0.4, -0.2) is 74.4 Å². The molecular weight excluding hydrogens is 348 g/mol. The van der Waals surface area contributed by atoms with E-state index in [0.717, 1.165) is 77.8 Å². The van der Waals surface area contributed by atoms with Crippen LogP contribution in [0.4, 0.5) is 4.79 Å². The second-order valence-electron chi connectivity index (χ2n) is 7.65. The Kier molecular flexibility index (Phi) is 7.34. The summed E-state index contributed by atoms with van der Waals surface area (Å²) in [5.74, 6) is -1.96. The predicted molar refractivity (Wildman–Crippen MR) is 99.7 cm³/mol. The maximum Gasteiger partial charge on any atom is 0.331 e. The maximum absolute atomic E-state index is 12.8. The van der Waals surface area contributed by atoms with Crippen molar-refractivity contribution in [3.8, 4) is 0 Å². The third kappa shape index (κ3) is 5.35. The number of amides is 4. The molecule has 0 spiro atoms. The van der Waals surface area contributed by atoms with Gasteiger partial charge in [-0.2, -0.15) is 0 Å². The molecular formula is C19H31N4O4+. The van der Waals surface area contributed by atoms with Crippen LogP contribution in [0, 0.1) is 5.92 Å². The largest absolute Gasteiger partial charge is 0.370 e. The van der Waals surface area contributed by atoms with Gasteiger partial charge in [0.2, 0.25) is 11.8 Å². The van der Waals surface area contributed by atoms with Crippen molar-refractivity contribution in [2.24, 2.45) is 10.9 Å². The summed E-state index contributed by atoms with van der Waals surface area (Å²) in [6.45, 7) is 5.25. The van der Waals surface area contributed by atoms with Gasteiger partial charge in [-0.15, -0.1) is 0 Å². The van der Waals surface area contributed by atoms with Gasteiger partial charge in [0.1, 0.15) is 13.1 Å². The molecule has 1 atom stereocenters. The summed E-state index contributed by atoms with van der Waals surface area (Å²) in [6, 6.07) is -0.675. The van der Waals surface area contributed by atoms with Crippen molar-refractivity contribution in [3.63, 3.8) is 0 Å². The molecule has 2 heterocycles. The number of hydrogen-bond acceptors (Lipinski definition) is 5. The van der Waals surface area contributed by atoms with Crippen molar-refractivity contribution in [2.75, 3.05) is 39.4 Å². The van der Waals surface area contributed by atoms with E-state index in [0.29, 0.717) is 6.54 Å². The predicted octanol–water partition coefficient (Wildman–Crippen LogP) is -0.220. The van der Waals surface area contributed by atoms with E-state index >= 15 is 0 Å². The van der Waals surface area contributed by atoms with Crippen LogP contribution >= 0.6 is 0 Å². The number of quaternary nitrogens is 1. The first-order valence-corrected chi connectivity index (χ1v) is 10.3. The Balaban J connectivity index is 1.52. The van der Waals surface area contributed by atoms with Crippen LogP contribution in [0.3, 0.4) is 0 Å². The monoisotopic (exact) mass is 379 g/mol. The number of aliphatic imine (C=N–C) groups is 1. The number of ether oxygens (including phenoxy) is 1. The number of carbonyl (C=O) groups is 3. The van der Waals surface area contributed by atoms with Crippen LogP contribution in [0.15, 0.2) is 4.99 Å². The molecule has 3 aliphatic rings. The lowest BCUT2D eigenvalue weighted by Gasteiger charge is -2.34. The van der Waals surface area contributed by atoms with Crippen molar-refractivity contribution in [3.05, 3.63) is 0 Å². The zero-order chi connectivity index (χ0) is 19.1. The van der Waals surface area contributed by atoms with Crippen LogP contribution in [0.1, 0.15) is 44.9 Å². The molecule has 4 amide bonds. The molecule has 2 N–H and O–H groups in total. The fourth-order valence-electron chi connectivity index (χ4n) is 4.11. The minimum atomic E-state index is -0.985. The summed E-state index contributed by atoms with van der Waals surface area (Å²) in [6.07, 6.45) is 8.27. The number of morpholine rings is 1. The first-order chi connectivity index (χ1) is 13.2. The number of carbonyl (C=O) groups excluding carboxylic acids is 3. The second-order valence-corrected chi connectivity index (χ2v) is 7.65. The van der Waals surface area contributed by atoms with E-state index in [-0.39, 0.29) is 6.04 Å². The van der Waals surface area contributed by atoms with Gasteiger partial charge in [0, 0.05) is 25.2 Å². The van der Waals surface area contributed by atoms with Crippen molar-refractivity contribution in [1.29, 1.82) is 0 Å². The highest BCUT2D eigenvalue weighted by atomic mass is 16.5. The van der Waals surface area contributed by atoms with Crippen LogP contribution in [0.2, 0.25) is 0 Å². The molecule has 27 heavy (non-hydrogen) atoms. The zero-order valence-corrected chi connectivity index (χ0v) is 16.0. The van der Waals surface area contributed by atoms with E-state index in [4.69, 9.17) is 4.74 Å². The molecule has 0 bridgehead atoms. The summed E-state index contributed by atoms with van der Waals surface area (Å²) in [7, 11) is 0. The van der Waals surface area contributed by atoms with Gasteiger partial charge in [-0.1, -0.05) is 25.7 Å². The Bertz CT molecular complexity index is 566. The van der Waals surface area contributed by atoms with Crippen LogP contribution in [0.25, 0.3) is 0 Å². The van der Waals surface area contributed by atoms with Crippen molar-refractivity contribution < 1.29 is 24.0 Å². The third-order valence-electron chi connectivity index (χ3n) is 5.70. The topological polar surface area (TPSA) is 92.5 Å². The molecule has 1 aliphatic carbocycles. The van der Waals surface area contributed by atoms with Gasteiger partial charge in [-0.25, -0.2) is 4.79 Å². The Hall–Kier alpha value is -1.80. The average Bonchev–Trinajstić information content (AvgIpc) is 2.94. The Morgan fingerprint density at radius 3 is 2.52 bits per heavy atom. The SMILES string of the molecule is O=C1NC(=O)N(C2CCCCCC2)C(=O)[C@@H]1C=NCCC[NH+]1CCOCC1. The molecule has 0 unspecified atom stereocenters. The van der Waals surface area contributed by atoms with Crippen molar-refractivity contribution >= 4 is 24.1 Å². The highest BCUT2D eigenvalue weighted by molar-refractivity contribution is 6.23. The molecule has 0 aromatic heterocycles. The van der Waals surface area contributed by atoms with E-state index in [1.165, 1.54) is 16.0 Å². The third-order valence-corrected chi connectivity index (χ3v) is 5.70. The van der Waals surface area contributed by atoms with Crippen LogP contribution < -0.4 is 10.2 Å². The first-order valence-electron chi connectivity index (χ1n) is 10.3. The molecule has 8 nitrogen and oxygen atoms in total. The Morgan fingerprint density at radius 1 is 1.11 bits per heavy atom. The zero-order valence-electron chi connectivity index (χ0n) is 16.0. The van der Waals surface area contributed by atoms with Gasteiger partial charge in [-0.3, -0.25) is 24.8 Å². The molecule has 2 saturated heterocycles. The second kappa shape index (κ2) is 9.94. The fourth-order valence-corrected chi connectivity index (χ4v) is 4.11. The highest BCUT2D eigenvalue weighted by Gasteiger charge is 2.42. The lowest BCUT2D eigenvalue weighted by molar-refractivity contribution is -0.908. The van der Waals surface area contributed by atoms with Gasteiger partial charge >= 0.3 is 6.03 Å². The molecule has 1 saturated carbocycles. The highest BCUT2D eigenvalue weighted by Crippen LogP contribution is 2.24. The average molecular weight is 379 g/mol. The Labute approximate surface area is 160 Å². The number of imide groups is 2. The minimum Gasteiger partial charge on any atom is -0.370 e. The summed E-state index contributed by atoms with van der Waals surface area (Å²) >= 11 is 0. The van der Waals surface area contributed by atoms with Gasteiger partial charge in [0.05, 0.1) is 19.8 Å². The summed E-state index contributed by atoms with van der Waals surface area (Å²) in [5, 5.41) is 2.34.